The van der Waals surface area contributed by atoms with Crippen LogP contribution in [0, 0.1) is 0 Å². The zero-order valence-electron chi connectivity index (χ0n) is 15.9. The number of aromatic nitrogens is 1. The molecule has 6 nitrogen and oxygen atoms in total. The van der Waals surface area contributed by atoms with E-state index in [9.17, 15) is 27.5 Å². The van der Waals surface area contributed by atoms with Gasteiger partial charge in [0.1, 0.15) is 6.10 Å². The van der Waals surface area contributed by atoms with Gasteiger partial charge >= 0.3 is 19.2 Å². The number of aliphatic carboxylic acids is 1. The van der Waals surface area contributed by atoms with E-state index in [-0.39, 0.29) is 6.54 Å². The van der Waals surface area contributed by atoms with Crippen molar-refractivity contribution in [3.05, 3.63) is 84.2 Å². The molecule has 0 bridgehead atoms. The minimum absolute atomic E-state index is 0.120. The Balaban J connectivity index is 2.21. The van der Waals surface area contributed by atoms with Gasteiger partial charge in [-0.25, -0.2) is 4.79 Å². The molecule has 1 N–H and O–H groups in total. The molecule has 0 spiro atoms. The highest BCUT2D eigenvalue weighted by Crippen LogP contribution is 2.39. The second-order valence-electron chi connectivity index (χ2n) is 6.49. The number of alkyl halides is 4. The monoisotopic (exact) mass is 438 g/mol. The minimum Gasteiger partial charge on any atom is -0.478 e. The van der Waals surface area contributed by atoms with E-state index < -0.39 is 36.6 Å². The number of hydrogen-bond donors (Lipinski definition) is 1. The number of rotatable bonds is 9. The summed E-state index contributed by atoms with van der Waals surface area (Å²) in [6.07, 6.45) is 4.07. The lowest BCUT2D eigenvalue weighted by Crippen LogP contribution is -2.60. The standard InChI is InChI=1S/C21H18F4N2O4/c22-19(23)30-17-9-8-15(18(28)29)11-21(17,31-20(24)25)27(16-6-2-1-3-7-16)13-14-5-4-10-26-12-14/h1-12,17,19-20H,13H2,(H,28,29). The summed E-state index contributed by atoms with van der Waals surface area (Å²) in [6.45, 7) is -6.88. The second kappa shape index (κ2) is 9.71. The van der Waals surface area contributed by atoms with Gasteiger partial charge in [-0.15, -0.1) is 0 Å². The van der Waals surface area contributed by atoms with Crippen molar-refractivity contribution >= 4 is 11.7 Å². The predicted octanol–water partition coefficient (Wildman–Crippen LogP) is 4.21. The van der Waals surface area contributed by atoms with Gasteiger partial charge < -0.3 is 14.7 Å². The first-order valence-corrected chi connectivity index (χ1v) is 9.07. The third kappa shape index (κ3) is 5.28. The molecule has 164 valence electrons. The summed E-state index contributed by atoms with van der Waals surface area (Å²) < 4.78 is 63.1. The van der Waals surface area contributed by atoms with Crippen molar-refractivity contribution in [2.75, 3.05) is 4.90 Å². The molecule has 0 saturated carbocycles. The summed E-state index contributed by atoms with van der Waals surface area (Å²) in [4.78, 5) is 16.8. The quantitative estimate of drug-likeness (QED) is 0.467. The van der Waals surface area contributed by atoms with E-state index in [2.05, 4.69) is 9.72 Å². The Labute approximate surface area is 175 Å². The van der Waals surface area contributed by atoms with Crippen molar-refractivity contribution in [2.45, 2.75) is 31.6 Å². The molecule has 0 amide bonds. The van der Waals surface area contributed by atoms with Gasteiger partial charge in [0.25, 0.3) is 0 Å². The Morgan fingerprint density at radius 3 is 2.45 bits per heavy atom. The van der Waals surface area contributed by atoms with E-state index in [1.54, 1.807) is 42.5 Å². The van der Waals surface area contributed by atoms with Crippen LogP contribution < -0.4 is 4.90 Å². The number of carboxylic acids is 1. The maximum Gasteiger partial charge on any atom is 0.347 e. The van der Waals surface area contributed by atoms with Crippen molar-refractivity contribution in [3.63, 3.8) is 0 Å². The molecular weight excluding hydrogens is 420 g/mol. The summed E-state index contributed by atoms with van der Waals surface area (Å²) in [5, 5.41) is 9.43. The van der Waals surface area contributed by atoms with Crippen LogP contribution in [0.3, 0.4) is 0 Å². The number of carbonyl (C=O) groups is 1. The molecule has 0 fully saturated rings. The first-order valence-electron chi connectivity index (χ1n) is 9.07. The lowest BCUT2D eigenvalue weighted by atomic mass is 9.93. The first-order chi connectivity index (χ1) is 14.8. The molecule has 1 aliphatic rings. The highest BCUT2D eigenvalue weighted by atomic mass is 19.3. The van der Waals surface area contributed by atoms with Crippen molar-refractivity contribution in [1.29, 1.82) is 0 Å². The first kappa shape index (κ1) is 22.4. The van der Waals surface area contributed by atoms with Crippen LogP contribution in [-0.4, -0.2) is 41.1 Å². The summed E-state index contributed by atoms with van der Waals surface area (Å²) in [5.41, 5.74) is -1.96. The van der Waals surface area contributed by atoms with E-state index in [0.29, 0.717) is 11.3 Å². The third-order valence-corrected chi connectivity index (χ3v) is 4.55. The molecule has 0 aliphatic heterocycles. The molecule has 1 heterocycles. The molecule has 31 heavy (non-hydrogen) atoms. The van der Waals surface area contributed by atoms with Crippen LogP contribution >= 0.6 is 0 Å². The number of halogens is 4. The van der Waals surface area contributed by atoms with E-state index in [0.717, 1.165) is 18.2 Å². The van der Waals surface area contributed by atoms with Crippen LogP contribution in [-0.2, 0) is 20.8 Å². The molecule has 1 aromatic carbocycles. The third-order valence-electron chi connectivity index (χ3n) is 4.55. The Bertz CT molecular complexity index is 941. The lowest BCUT2D eigenvalue weighted by Gasteiger charge is -2.47. The highest BCUT2D eigenvalue weighted by Gasteiger charge is 2.49. The average molecular weight is 438 g/mol. The van der Waals surface area contributed by atoms with E-state index in [1.807, 2.05) is 0 Å². The molecule has 2 atom stereocenters. The fourth-order valence-corrected chi connectivity index (χ4v) is 3.31. The van der Waals surface area contributed by atoms with Crippen molar-refractivity contribution in [1.82, 2.24) is 4.98 Å². The molecular formula is C21H18F4N2O4. The molecule has 1 aliphatic carbocycles. The van der Waals surface area contributed by atoms with Crippen LogP contribution in [0.4, 0.5) is 23.2 Å². The molecule has 0 radical (unpaired) electrons. The van der Waals surface area contributed by atoms with Crippen LogP contribution in [0.2, 0.25) is 0 Å². The maximum atomic E-state index is 13.6. The Hall–Kier alpha value is -3.24. The van der Waals surface area contributed by atoms with Gasteiger partial charge in [-0.3, -0.25) is 9.72 Å². The largest absolute Gasteiger partial charge is 0.478 e. The fraction of sp³-hybridized carbons (Fsp3) is 0.238. The number of para-hydroxylation sites is 1. The summed E-state index contributed by atoms with van der Waals surface area (Å²) in [5.74, 6) is -1.44. The SMILES string of the molecule is O=C(O)C1=CC(OC(F)F)(N(Cc2cccnc2)c2ccccc2)C(OC(F)F)C=C1. The molecule has 10 heteroatoms. The molecule has 0 saturated heterocycles. The fourth-order valence-electron chi connectivity index (χ4n) is 3.31. The number of nitrogens with zero attached hydrogens (tertiary/aromatic N) is 2. The van der Waals surface area contributed by atoms with Gasteiger partial charge in [0.05, 0.1) is 5.57 Å². The van der Waals surface area contributed by atoms with Gasteiger partial charge in [0, 0.05) is 24.6 Å². The van der Waals surface area contributed by atoms with Gasteiger partial charge in [-0.05, 0) is 42.0 Å². The molecule has 2 unspecified atom stereocenters. The maximum absolute atomic E-state index is 13.6. The number of pyridine rings is 1. The smallest absolute Gasteiger partial charge is 0.347 e. The number of benzene rings is 1. The topological polar surface area (TPSA) is 71.9 Å². The van der Waals surface area contributed by atoms with Crippen molar-refractivity contribution < 1.29 is 36.9 Å². The van der Waals surface area contributed by atoms with Crippen molar-refractivity contribution in [2.24, 2.45) is 0 Å². The summed E-state index contributed by atoms with van der Waals surface area (Å²) in [6, 6.07) is 11.3. The normalized spacial score (nSPS) is 20.7. The summed E-state index contributed by atoms with van der Waals surface area (Å²) >= 11 is 0. The zero-order valence-corrected chi connectivity index (χ0v) is 15.9. The number of carboxylic acid groups (broad SMARTS) is 1. The van der Waals surface area contributed by atoms with Crippen LogP contribution in [0.5, 0.6) is 0 Å². The highest BCUT2D eigenvalue weighted by molar-refractivity contribution is 5.90. The van der Waals surface area contributed by atoms with E-state index in [1.165, 1.54) is 17.3 Å². The van der Waals surface area contributed by atoms with Crippen LogP contribution in [0.15, 0.2) is 78.7 Å². The zero-order chi connectivity index (χ0) is 22.4. The predicted molar refractivity (Wildman–Crippen MR) is 102 cm³/mol. The van der Waals surface area contributed by atoms with Crippen LogP contribution in [0.25, 0.3) is 0 Å². The van der Waals surface area contributed by atoms with E-state index in [4.69, 9.17) is 4.74 Å². The number of anilines is 1. The van der Waals surface area contributed by atoms with Gasteiger partial charge in [-0.1, -0.05) is 24.3 Å². The van der Waals surface area contributed by atoms with Gasteiger partial charge in [-0.2, -0.15) is 17.6 Å². The molecule has 1 aromatic heterocycles. The van der Waals surface area contributed by atoms with Crippen molar-refractivity contribution in [3.8, 4) is 0 Å². The number of hydrogen-bond acceptors (Lipinski definition) is 5. The van der Waals surface area contributed by atoms with Gasteiger partial charge in [0.15, 0.2) is 5.72 Å². The molecule has 3 rings (SSSR count). The number of ether oxygens (including phenoxy) is 2. The average Bonchev–Trinajstić information content (AvgIpc) is 2.74. The van der Waals surface area contributed by atoms with E-state index >= 15 is 0 Å². The minimum atomic E-state index is -3.43. The second-order valence-corrected chi connectivity index (χ2v) is 6.49. The lowest BCUT2D eigenvalue weighted by molar-refractivity contribution is -0.252. The van der Waals surface area contributed by atoms with Gasteiger partial charge in [0.2, 0.25) is 0 Å². The molecule has 2 aromatic rings. The van der Waals surface area contributed by atoms with Crippen LogP contribution in [0.1, 0.15) is 5.56 Å². The Kier molecular flexibility index (Phi) is 7.03. The Morgan fingerprint density at radius 1 is 1.13 bits per heavy atom. The summed E-state index contributed by atoms with van der Waals surface area (Å²) in [7, 11) is 0. The Morgan fingerprint density at radius 2 is 1.87 bits per heavy atom.